The number of rotatable bonds is 3. The first kappa shape index (κ1) is 15.4. The molecule has 0 bridgehead atoms. The zero-order valence-corrected chi connectivity index (χ0v) is 11.5. The minimum absolute atomic E-state index is 0.353. The number of hydrogen-bond acceptors (Lipinski definition) is 7. The average Bonchev–Trinajstić information content (AvgIpc) is 2.95. The van der Waals surface area contributed by atoms with Gasteiger partial charge in [0.25, 0.3) is 0 Å². The molecule has 2 heterocycles. The van der Waals surface area contributed by atoms with E-state index in [1.54, 1.807) is 12.1 Å². The number of fused-ring (bicyclic) bond motifs is 1. The zero-order valence-electron chi connectivity index (χ0n) is 11.5. The van der Waals surface area contributed by atoms with E-state index >= 15 is 0 Å². The Morgan fingerprint density at radius 1 is 1.18 bits per heavy atom. The molecule has 1 amide bonds. The summed E-state index contributed by atoms with van der Waals surface area (Å²) in [4.78, 5) is 11.0. The second-order valence-electron chi connectivity index (χ2n) is 5.26. The largest absolute Gasteiger partial charge is 0.496 e. The van der Waals surface area contributed by atoms with Gasteiger partial charge >= 0.3 is 7.12 Å². The number of benzene rings is 1. The maximum Gasteiger partial charge on any atom is 0.496 e. The SMILES string of the molecule is NC(=O)c1ccc(B2OC3OC(CO)C(O)C(O)C3O2)cc1. The highest BCUT2D eigenvalue weighted by Gasteiger charge is 2.52. The van der Waals surface area contributed by atoms with Crippen LogP contribution in [0.15, 0.2) is 24.3 Å². The molecule has 3 rings (SSSR count). The Morgan fingerprint density at radius 2 is 1.86 bits per heavy atom. The fraction of sp³-hybridized carbons (Fsp3) is 0.462. The lowest BCUT2D eigenvalue weighted by atomic mass is 9.79. The van der Waals surface area contributed by atoms with E-state index in [2.05, 4.69) is 0 Å². The van der Waals surface area contributed by atoms with Gasteiger partial charge < -0.3 is 35.1 Å². The van der Waals surface area contributed by atoms with E-state index in [1.165, 1.54) is 12.1 Å². The maximum absolute atomic E-state index is 11.0. The molecule has 2 aliphatic rings. The summed E-state index contributed by atoms with van der Waals surface area (Å²) < 4.78 is 16.5. The Hall–Kier alpha value is -1.49. The number of carbonyl (C=O) groups excluding carboxylic acids is 1. The van der Waals surface area contributed by atoms with Crippen LogP contribution in [0.4, 0.5) is 0 Å². The van der Waals surface area contributed by atoms with E-state index in [9.17, 15) is 15.0 Å². The van der Waals surface area contributed by atoms with Gasteiger partial charge in [-0.05, 0) is 17.6 Å². The first-order valence-electron chi connectivity index (χ1n) is 6.84. The topological polar surface area (TPSA) is 131 Å². The molecule has 0 spiro atoms. The first-order chi connectivity index (χ1) is 10.5. The normalized spacial score (nSPS) is 34.5. The number of aliphatic hydroxyl groups excluding tert-OH is 3. The number of aliphatic hydroxyl groups is 3. The number of primary amides is 1. The fourth-order valence-electron chi connectivity index (χ4n) is 2.57. The highest BCUT2D eigenvalue weighted by molar-refractivity contribution is 6.61. The van der Waals surface area contributed by atoms with Crippen LogP contribution in [0.5, 0.6) is 0 Å². The predicted molar refractivity (Wildman–Crippen MR) is 74.1 cm³/mol. The minimum Gasteiger partial charge on any atom is -0.396 e. The van der Waals surface area contributed by atoms with Gasteiger partial charge in [0.1, 0.15) is 24.4 Å². The number of amides is 1. The molecule has 118 valence electrons. The Labute approximate surface area is 126 Å². The zero-order chi connectivity index (χ0) is 15.9. The summed E-state index contributed by atoms with van der Waals surface area (Å²) >= 11 is 0. The molecule has 5 N–H and O–H groups in total. The molecule has 0 aromatic heterocycles. The highest BCUT2D eigenvalue weighted by atomic mass is 16.8. The van der Waals surface area contributed by atoms with Crippen molar-refractivity contribution in [1.82, 2.24) is 0 Å². The molecular weight excluding hydrogens is 293 g/mol. The van der Waals surface area contributed by atoms with Crippen molar-refractivity contribution >= 4 is 18.5 Å². The van der Waals surface area contributed by atoms with Crippen LogP contribution in [0.1, 0.15) is 10.4 Å². The summed E-state index contributed by atoms with van der Waals surface area (Å²) in [6.45, 7) is -0.442. The lowest BCUT2D eigenvalue weighted by molar-refractivity contribution is -0.249. The van der Waals surface area contributed by atoms with Crippen molar-refractivity contribution in [2.24, 2.45) is 5.73 Å². The van der Waals surface area contributed by atoms with E-state index in [4.69, 9.17) is 24.9 Å². The third-order valence-corrected chi connectivity index (χ3v) is 3.83. The van der Waals surface area contributed by atoms with E-state index in [1.807, 2.05) is 0 Å². The number of carbonyl (C=O) groups is 1. The molecule has 2 saturated heterocycles. The molecule has 5 unspecified atom stereocenters. The quantitative estimate of drug-likeness (QED) is 0.448. The second-order valence-corrected chi connectivity index (χ2v) is 5.26. The second kappa shape index (κ2) is 5.96. The number of nitrogens with two attached hydrogens (primary N) is 1. The van der Waals surface area contributed by atoms with Gasteiger partial charge in [0.2, 0.25) is 5.91 Å². The molecule has 2 aliphatic heterocycles. The third kappa shape index (κ3) is 2.63. The van der Waals surface area contributed by atoms with Crippen LogP contribution in [-0.4, -0.2) is 65.7 Å². The lowest BCUT2D eigenvalue weighted by Gasteiger charge is -2.37. The summed E-state index contributed by atoms with van der Waals surface area (Å²) in [5.41, 5.74) is 6.14. The highest BCUT2D eigenvalue weighted by Crippen LogP contribution is 2.29. The lowest BCUT2D eigenvalue weighted by Crippen LogP contribution is -2.57. The summed E-state index contributed by atoms with van der Waals surface area (Å²) in [5, 5.41) is 29.0. The van der Waals surface area contributed by atoms with Crippen molar-refractivity contribution in [1.29, 1.82) is 0 Å². The van der Waals surface area contributed by atoms with Crippen LogP contribution in [0.3, 0.4) is 0 Å². The predicted octanol–water partition coefficient (Wildman–Crippen LogP) is -2.66. The van der Waals surface area contributed by atoms with Gasteiger partial charge in [0.15, 0.2) is 6.29 Å². The van der Waals surface area contributed by atoms with Crippen LogP contribution < -0.4 is 11.2 Å². The first-order valence-corrected chi connectivity index (χ1v) is 6.84. The summed E-state index contributed by atoms with van der Waals surface area (Å²) in [5.74, 6) is -0.541. The minimum atomic E-state index is -1.26. The third-order valence-electron chi connectivity index (χ3n) is 3.83. The van der Waals surface area contributed by atoms with Crippen molar-refractivity contribution in [3.8, 4) is 0 Å². The van der Waals surface area contributed by atoms with E-state index in [-0.39, 0.29) is 0 Å². The Morgan fingerprint density at radius 3 is 2.45 bits per heavy atom. The summed E-state index contributed by atoms with van der Waals surface area (Å²) in [6, 6.07) is 6.31. The molecule has 22 heavy (non-hydrogen) atoms. The van der Waals surface area contributed by atoms with Gasteiger partial charge in [-0.3, -0.25) is 4.79 Å². The summed E-state index contributed by atoms with van der Waals surface area (Å²) in [7, 11) is -0.809. The van der Waals surface area contributed by atoms with Gasteiger partial charge in [-0.25, -0.2) is 0 Å². The molecule has 9 heteroatoms. The maximum atomic E-state index is 11.0. The standard InChI is InChI=1S/C13H16BNO7/c15-12(19)6-1-3-7(4-2-6)14-21-11-10(18)9(17)8(5-16)20-13(11)22-14/h1-4,8-11,13,16-18H,5H2,(H2,15,19). The Kier molecular flexibility index (Phi) is 4.17. The van der Waals surface area contributed by atoms with E-state index in [0.29, 0.717) is 11.0 Å². The molecule has 0 aliphatic carbocycles. The monoisotopic (exact) mass is 309 g/mol. The van der Waals surface area contributed by atoms with Crippen LogP contribution >= 0.6 is 0 Å². The summed E-state index contributed by atoms with van der Waals surface area (Å²) in [6.07, 6.45) is -5.18. The average molecular weight is 309 g/mol. The molecule has 2 fully saturated rings. The van der Waals surface area contributed by atoms with E-state index in [0.717, 1.165) is 0 Å². The van der Waals surface area contributed by atoms with Gasteiger partial charge in [-0.1, -0.05) is 12.1 Å². The molecule has 5 atom stereocenters. The molecule has 0 radical (unpaired) electrons. The van der Waals surface area contributed by atoms with Crippen LogP contribution in [0.2, 0.25) is 0 Å². The van der Waals surface area contributed by atoms with Gasteiger partial charge in [-0.2, -0.15) is 0 Å². The van der Waals surface area contributed by atoms with Gasteiger partial charge in [0.05, 0.1) is 6.61 Å². The molecular formula is C13H16BNO7. The van der Waals surface area contributed by atoms with Crippen molar-refractivity contribution in [3.63, 3.8) is 0 Å². The van der Waals surface area contributed by atoms with Gasteiger partial charge in [-0.15, -0.1) is 0 Å². The number of ether oxygens (including phenoxy) is 1. The Bertz CT molecular complexity index is 554. The van der Waals surface area contributed by atoms with Crippen molar-refractivity contribution < 1.29 is 34.2 Å². The molecule has 1 aromatic rings. The van der Waals surface area contributed by atoms with Crippen LogP contribution in [0, 0.1) is 0 Å². The van der Waals surface area contributed by atoms with E-state index < -0.39 is 50.3 Å². The molecule has 1 aromatic carbocycles. The smallest absolute Gasteiger partial charge is 0.396 e. The fourth-order valence-corrected chi connectivity index (χ4v) is 2.57. The molecule has 8 nitrogen and oxygen atoms in total. The van der Waals surface area contributed by atoms with Gasteiger partial charge in [0, 0.05) is 5.56 Å². The van der Waals surface area contributed by atoms with Crippen molar-refractivity contribution in [3.05, 3.63) is 29.8 Å². The number of hydrogen-bond donors (Lipinski definition) is 4. The van der Waals surface area contributed by atoms with Crippen LogP contribution in [-0.2, 0) is 14.0 Å². The Balaban J connectivity index is 1.75. The van der Waals surface area contributed by atoms with Crippen molar-refractivity contribution in [2.75, 3.05) is 6.61 Å². The van der Waals surface area contributed by atoms with Crippen LogP contribution in [0.25, 0.3) is 0 Å². The van der Waals surface area contributed by atoms with Crippen molar-refractivity contribution in [2.45, 2.75) is 30.7 Å². The molecule has 0 saturated carbocycles.